The van der Waals surface area contributed by atoms with Crippen LogP contribution in [-0.4, -0.2) is 44.5 Å². The molecule has 1 N–H and O–H groups in total. The maximum absolute atomic E-state index is 12.6. The first kappa shape index (κ1) is 16.9. The zero-order valence-corrected chi connectivity index (χ0v) is 15.5. The number of nitrogens with one attached hydrogen (secondary N) is 1. The number of benzene rings is 2. The molecular weight excluding hydrogens is 350 g/mol. The van der Waals surface area contributed by atoms with Crippen LogP contribution in [0.4, 0.5) is 0 Å². The summed E-state index contributed by atoms with van der Waals surface area (Å²) in [5.41, 5.74) is 4.43. The molecule has 1 aliphatic heterocycles. The summed E-state index contributed by atoms with van der Waals surface area (Å²) in [4.78, 5) is 18.3. The van der Waals surface area contributed by atoms with Crippen molar-refractivity contribution in [1.82, 2.24) is 24.9 Å². The molecule has 6 heteroatoms. The van der Waals surface area contributed by atoms with Gasteiger partial charge in [0.05, 0.1) is 11.9 Å². The smallest absolute Gasteiger partial charge is 0.277 e. The summed E-state index contributed by atoms with van der Waals surface area (Å²) in [6, 6.07) is 15.8. The molecule has 0 saturated heterocycles. The summed E-state index contributed by atoms with van der Waals surface area (Å²) in [6.45, 7) is 3.18. The van der Waals surface area contributed by atoms with Gasteiger partial charge in [-0.25, -0.2) is 4.68 Å². The first-order valence-electron chi connectivity index (χ1n) is 9.60. The summed E-state index contributed by atoms with van der Waals surface area (Å²) >= 11 is 0. The first-order chi connectivity index (χ1) is 13.8. The van der Waals surface area contributed by atoms with Crippen molar-refractivity contribution in [2.24, 2.45) is 0 Å². The number of hydrogen-bond acceptors (Lipinski definition) is 4. The van der Waals surface area contributed by atoms with E-state index in [1.807, 2.05) is 18.2 Å². The van der Waals surface area contributed by atoms with Crippen LogP contribution >= 0.6 is 0 Å². The molecule has 0 aliphatic carbocycles. The molecule has 0 atom stereocenters. The lowest BCUT2D eigenvalue weighted by molar-refractivity contribution is 0.279. The van der Waals surface area contributed by atoms with E-state index in [0.717, 1.165) is 26.1 Å². The lowest BCUT2D eigenvalue weighted by Gasteiger charge is -2.26. The number of aromatic amines is 1. The van der Waals surface area contributed by atoms with Crippen molar-refractivity contribution in [2.45, 2.75) is 13.0 Å². The SMILES string of the molecule is O=c1c2ccccc2nnn1CCN1CC=C(c2c[nH]c3ccccc23)CC1. The van der Waals surface area contributed by atoms with Crippen molar-refractivity contribution in [2.75, 3.05) is 19.6 Å². The molecule has 0 fully saturated rings. The Morgan fingerprint density at radius 3 is 2.68 bits per heavy atom. The van der Waals surface area contributed by atoms with Crippen LogP contribution in [0, 0.1) is 0 Å². The fraction of sp³-hybridized carbons (Fsp3) is 0.227. The number of hydrogen-bond donors (Lipinski definition) is 1. The number of fused-ring (bicyclic) bond motifs is 2. The van der Waals surface area contributed by atoms with Crippen LogP contribution in [0.15, 0.2) is 65.6 Å². The highest BCUT2D eigenvalue weighted by Gasteiger charge is 2.16. The Morgan fingerprint density at radius 1 is 1.00 bits per heavy atom. The van der Waals surface area contributed by atoms with Gasteiger partial charge in [-0.3, -0.25) is 9.69 Å². The molecule has 0 radical (unpaired) electrons. The van der Waals surface area contributed by atoms with E-state index in [-0.39, 0.29) is 5.56 Å². The molecule has 0 unspecified atom stereocenters. The summed E-state index contributed by atoms with van der Waals surface area (Å²) in [6.07, 6.45) is 5.41. The summed E-state index contributed by atoms with van der Waals surface area (Å²) in [5, 5.41) is 10.1. The van der Waals surface area contributed by atoms with Crippen LogP contribution in [0.25, 0.3) is 27.4 Å². The lowest BCUT2D eigenvalue weighted by Crippen LogP contribution is -2.35. The van der Waals surface area contributed by atoms with Crippen LogP contribution in [0.2, 0.25) is 0 Å². The summed E-state index contributed by atoms with van der Waals surface area (Å²) in [5.74, 6) is 0. The second-order valence-electron chi connectivity index (χ2n) is 7.16. The maximum atomic E-state index is 12.6. The van der Waals surface area contributed by atoms with Gasteiger partial charge in [0.1, 0.15) is 5.52 Å². The molecule has 0 saturated carbocycles. The molecule has 2 aromatic carbocycles. The van der Waals surface area contributed by atoms with Gasteiger partial charge in [-0.05, 0) is 30.2 Å². The van der Waals surface area contributed by atoms with Gasteiger partial charge in [-0.15, -0.1) is 5.10 Å². The first-order valence-corrected chi connectivity index (χ1v) is 9.60. The molecule has 28 heavy (non-hydrogen) atoms. The van der Waals surface area contributed by atoms with Crippen LogP contribution in [0.3, 0.4) is 0 Å². The predicted octanol–water partition coefficient (Wildman–Crippen LogP) is 3.06. The van der Waals surface area contributed by atoms with E-state index in [2.05, 4.69) is 56.7 Å². The highest BCUT2D eigenvalue weighted by molar-refractivity contribution is 5.92. The second-order valence-corrected chi connectivity index (χ2v) is 7.16. The summed E-state index contributed by atoms with van der Waals surface area (Å²) in [7, 11) is 0. The molecule has 0 bridgehead atoms. The van der Waals surface area contributed by atoms with Crippen LogP contribution in [0.1, 0.15) is 12.0 Å². The van der Waals surface area contributed by atoms with Gasteiger partial charge < -0.3 is 4.98 Å². The van der Waals surface area contributed by atoms with Gasteiger partial charge in [-0.1, -0.05) is 41.6 Å². The average molecular weight is 371 g/mol. The minimum atomic E-state index is -0.0716. The molecule has 2 aromatic heterocycles. The third kappa shape index (κ3) is 3.01. The van der Waals surface area contributed by atoms with Crippen LogP contribution < -0.4 is 5.56 Å². The molecule has 3 heterocycles. The fourth-order valence-corrected chi connectivity index (χ4v) is 3.90. The van der Waals surface area contributed by atoms with Crippen LogP contribution in [-0.2, 0) is 6.54 Å². The highest BCUT2D eigenvalue weighted by Crippen LogP contribution is 2.28. The van der Waals surface area contributed by atoms with E-state index in [9.17, 15) is 4.79 Å². The maximum Gasteiger partial charge on any atom is 0.277 e. The van der Waals surface area contributed by atoms with Gasteiger partial charge in [0.15, 0.2) is 0 Å². The molecule has 1 aliphatic rings. The summed E-state index contributed by atoms with van der Waals surface area (Å²) < 4.78 is 1.47. The van der Waals surface area contributed by atoms with E-state index in [1.54, 1.807) is 6.07 Å². The fourth-order valence-electron chi connectivity index (χ4n) is 3.90. The van der Waals surface area contributed by atoms with E-state index in [0.29, 0.717) is 17.4 Å². The average Bonchev–Trinajstić information content (AvgIpc) is 3.18. The monoisotopic (exact) mass is 371 g/mol. The number of rotatable bonds is 4. The topological polar surface area (TPSA) is 66.8 Å². The zero-order valence-electron chi connectivity index (χ0n) is 15.5. The third-order valence-electron chi connectivity index (χ3n) is 5.49. The molecule has 6 nitrogen and oxygen atoms in total. The van der Waals surface area contributed by atoms with Gasteiger partial charge >= 0.3 is 0 Å². The Hall–Kier alpha value is -3.25. The second kappa shape index (κ2) is 7.05. The zero-order chi connectivity index (χ0) is 18.9. The Kier molecular flexibility index (Phi) is 4.25. The Bertz CT molecular complexity index is 1240. The van der Waals surface area contributed by atoms with Crippen LogP contribution in [0.5, 0.6) is 0 Å². The van der Waals surface area contributed by atoms with Gasteiger partial charge in [0.2, 0.25) is 0 Å². The molecule has 4 aromatic rings. The minimum absolute atomic E-state index is 0.0716. The number of para-hydroxylation sites is 1. The van der Waals surface area contributed by atoms with E-state index < -0.39 is 0 Å². The van der Waals surface area contributed by atoms with Crippen molar-refractivity contribution >= 4 is 27.4 Å². The molecule has 0 amide bonds. The normalized spacial score (nSPS) is 15.2. The third-order valence-corrected chi connectivity index (χ3v) is 5.49. The number of nitrogens with zero attached hydrogens (tertiary/aromatic N) is 4. The van der Waals surface area contributed by atoms with Crippen molar-refractivity contribution in [3.05, 3.63) is 76.7 Å². The van der Waals surface area contributed by atoms with Gasteiger partial charge in [0.25, 0.3) is 5.56 Å². The highest BCUT2D eigenvalue weighted by atomic mass is 16.1. The van der Waals surface area contributed by atoms with Crippen molar-refractivity contribution < 1.29 is 0 Å². The Morgan fingerprint density at radius 2 is 1.82 bits per heavy atom. The van der Waals surface area contributed by atoms with Crippen molar-refractivity contribution in [3.63, 3.8) is 0 Å². The molecular formula is C22H21N5O. The molecule has 5 rings (SSSR count). The Balaban J connectivity index is 1.29. The van der Waals surface area contributed by atoms with Crippen molar-refractivity contribution in [3.8, 4) is 0 Å². The number of aromatic nitrogens is 4. The standard InChI is InChI=1S/C22H21N5O/c28-22-18-6-2-4-8-21(18)24-25-27(22)14-13-26-11-9-16(10-12-26)19-15-23-20-7-3-1-5-17(19)20/h1-9,15,23H,10-14H2. The molecule has 0 spiro atoms. The Labute approximate surface area is 162 Å². The molecule has 140 valence electrons. The number of H-pyrrole nitrogens is 1. The minimum Gasteiger partial charge on any atom is -0.361 e. The van der Waals surface area contributed by atoms with Gasteiger partial charge in [-0.2, -0.15) is 0 Å². The van der Waals surface area contributed by atoms with Crippen molar-refractivity contribution in [1.29, 1.82) is 0 Å². The van der Waals surface area contributed by atoms with E-state index in [4.69, 9.17) is 0 Å². The predicted molar refractivity (Wildman–Crippen MR) is 111 cm³/mol. The van der Waals surface area contributed by atoms with Gasteiger partial charge in [0, 0.05) is 42.3 Å². The van der Waals surface area contributed by atoms with E-state index >= 15 is 0 Å². The van der Waals surface area contributed by atoms with E-state index in [1.165, 1.54) is 26.7 Å². The lowest BCUT2D eigenvalue weighted by atomic mass is 9.99. The largest absolute Gasteiger partial charge is 0.361 e. The quantitative estimate of drug-likeness (QED) is 0.599.